The van der Waals surface area contributed by atoms with Crippen molar-refractivity contribution < 1.29 is 4.74 Å². The molecule has 3 heteroatoms. The fourth-order valence-corrected chi connectivity index (χ4v) is 1.31. The van der Waals surface area contributed by atoms with Gasteiger partial charge < -0.3 is 4.74 Å². The molecule has 0 saturated carbocycles. The summed E-state index contributed by atoms with van der Waals surface area (Å²) < 4.78 is 6.56. The average molecular weight is 264 g/mol. The summed E-state index contributed by atoms with van der Waals surface area (Å²) in [6.07, 6.45) is 0. The maximum atomic E-state index is 5.66. The predicted octanol–water partition coefficient (Wildman–Crippen LogP) is 3.70. The van der Waals surface area contributed by atoms with Crippen LogP contribution in [0.5, 0.6) is 5.75 Å². The van der Waals surface area contributed by atoms with Crippen LogP contribution in [0.25, 0.3) is 0 Å². The van der Waals surface area contributed by atoms with Crippen LogP contribution < -0.4 is 4.74 Å². The molecule has 0 unspecified atom stereocenters. The minimum absolute atomic E-state index is 0.389. The standard InChI is InChI=1S/C10H12BrClO/c1-8(6-12)7-13-10-4-2-3-9(11)5-10/h2-5,8H,6-7H2,1H3/t8-/m1/s1. The quantitative estimate of drug-likeness (QED) is 0.753. The van der Waals surface area contributed by atoms with Gasteiger partial charge in [-0.2, -0.15) is 0 Å². The van der Waals surface area contributed by atoms with Gasteiger partial charge in [0.1, 0.15) is 5.75 Å². The fourth-order valence-electron chi connectivity index (χ4n) is 0.840. The van der Waals surface area contributed by atoms with Crippen molar-refractivity contribution in [1.29, 1.82) is 0 Å². The third kappa shape index (κ3) is 4.01. The van der Waals surface area contributed by atoms with Crippen molar-refractivity contribution in [3.8, 4) is 5.75 Å². The second kappa shape index (κ2) is 5.51. The highest BCUT2D eigenvalue weighted by atomic mass is 79.9. The van der Waals surface area contributed by atoms with E-state index in [1.807, 2.05) is 24.3 Å². The number of hydrogen-bond donors (Lipinski definition) is 0. The van der Waals surface area contributed by atoms with Gasteiger partial charge in [-0.3, -0.25) is 0 Å². The molecular weight excluding hydrogens is 251 g/mol. The van der Waals surface area contributed by atoms with Crippen LogP contribution in [0.1, 0.15) is 6.92 Å². The topological polar surface area (TPSA) is 9.23 Å². The van der Waals surface area contributed by atoms with Gasteiger partial charge in [0, 0.05) is 16.3 Å². The number of benzene rings is 1. The Morgan fingerprint density at radius 1 is 1.54 bits per heavy atom. The van der Waals surface area contributed by atoms with E-state index in [4.69, 9.17) is 16.3 Å². The van der Waals surface area contributed by atoms with Crippen molar-refractivity contribution >= 4 is 27.5 Å². The first-order valence-corrected chi connectivity index (χ1v) is 5.49. The summed E-state index contributed by atoms with van der Waals surface area (Å²) in [7, 11) is 0. The van der Waals surface area contributed by atoms with Gasteiger partial charge in [0.15, 0.2) is 0 Å². The van der Waals surface area contributed by atoms with Gasteiger partial charge in [-0.25, -0.2) is 0 Å². The van der Waals surface area contributed by atoms with Crippen LogP contribution in [0, 0.1) is 5.92 Å². The summed E-state index contributed by atoms with van der Waals surface area (Å²) in [5, 5.41) is 0. The molecule has 1 aromatic carbocycles. The maximum absolute atomic E-state index is 5.66. The van der Waals surface area contributed by atoms with Crippen LogP contribution in [0.2, 0.25) is 0 Å². The number of halogens is 2. The molecule has 0 bridgehead atoms. The predicted molar refractivity (Wildman–Crippen MR) is 59.5 cm³/mol. The van der Waals surface area contributed by atoms with Crippen LogP contribution in [-0.4, -0.2) is 12.5 Å². The SMILES string of the molecule is C[C@H](CCl)COc1cccc(Br)c1. The van der Waals surface area contributed by atoms with Crippen LogP contribution >= 0.6 is 27.5 Å². The molecule has 0 aliphatic heterocycles. The van der Waals surface area contributed by atoms with Gasteiger partial charge in [-0.1, -0.05) is 28.9 Å². The molecule has 0 aliphatic carbocycles. The molecule has 1 atom stereocenters. The Labute approximate surface area is 92.2 Å². The smallest absolute Gasteiger partial charge is 0.120 e. The number of alkyl halides is 1. The van der Waals surface area contributed by atoms with Gasteiger partial charge in [0.2, 0.25) is 0 Å². The first-order valence-electron chi connectivity index (χ1n) is 4.16. The summed E-state index contributed by atoms with van der Waals surface area (Å²) in [4.78, 5) is 0. The number of rotatable bonds is 4. The lowest BCUT2D eigenvalue weighted by Gasteiger charge is -2.09. The average Bonchev–Trinajstić information content (AvgIpc) is 2.14. The van der Waals surface area contributed by atoms with E-state index in [0.29, 0.717) is 18.4 Å². The zero-order valence-electron chi connectivity index (χ0n) is 7.47. The highest BCUT2D eigenvalue weighted by Crippen LogP contribution is 2.18. The van der Waals surface area contributed by atoms with E-state index in [1.165, 1.54) is 0 Å². The molecule has 0 aromatic heterocycles. The second-order valence-electron chi connectivity index (χ2n) is 3.03. The molecule has 0 spiro atoms. The van der Waals surface area contributed by atoms with E-state index in [9.17, 15) is 0 Å². The molecule has 1 rings (SSSR count). The summed E-state index contributed by atoms with van der Waals surface area (Å²) in [6.45, 7) is 2.73. The van der Waals surface area contributed by atoms with Gasteiger partial charge in [0.05, 0.1) is 6.61 Å². The van der Waals surface area contributed by atoms with Gasteiger partial charge >= 0.3 is 0 Å². The molecule has 0 saturated heterocycles. The van der Waals surface area contributed by atoms with Gasteiger partial charge in [0.25, 0.3) is 0 Å². The van der Waals surface area contributed by atoms with Crippen LogP contribution in [0.4, 0.5) is 0 Å². The third-order valence-corrected chi connectivity index (χ3v) is 2.61. The molecule has 0 fully saturated rings. The lowest BCUT2D eigenvalue weighted by atomic mass is 10.2. The zero-order chi connectivity index (χ0) is 9.68. The minimum Gasteiger partial charge on any atom is -0.493 e. The molecular formula is C10H12BrClO. The molecule has 0 amide bonds. The molecule has 0 radical (unpaired) electrons. The van der Waals surface area contributed by atoms with Crippen LogP contribution in [-0.2, 0) is 0 Å². The van der Waals surface area contributed by atoms with E-state index in [2.05, 4.69) is 22.9 Å². The Balaban J connectivity index is 2.45. The Hall–Kier alpha value is -0.210. The van der Waals surface area contributed by atoms with Crippen LogP contribution in [0.15, 0.2) is 28.7 Å². The van der Waals surface area contributed by atoms with Crippen LogP contribution in [0.3, 0.4) is 0 Å². The van der Waals surface area contributed by atoms with Gasteiger partial charge in [-0.15, -0.1) is 11.6 Å². The first-order chi connectivity index (χ1) is 6.22. The molecule has 0 N–H and O–H groups in total. The minimum atomic E-state index is 0.389. The van der Waals surface area contributed by atoms with E-state index >= 15 is 0 Å². The highest BCUT2D eigenvalue weighted by molar-refractivity contribution is 9.10. The molecule has 1 aromatic rings. The van der Waals surface area contributed by atoms with E-state index in [0.717, 1.165) is 10.2 Å². The summed E-state index contributed by atoms with van der Waals surface area (Å²) in [5.41, 5.74) is 0. The lowest BCUT2D eigenvalue weighted by Crippen LogP contribution is -2.09. The number of hydrogen-bond acceptors (Lipinski definition) is 1. The fraction of sp³-hybridized carbons (Fsp3) is 0.400. The van der Waals surface area contributed by atoms with Crippen molar-refractivity contribution in [3.63, 3.8) is 0 Å². The zero-order valence-corrected chi connectivity index (χ0v) is 9.81. The Morgan fingerprint density at radius 2 is 2.31 bits per heavy atom. The summed E-state index contributed by atoms with van der Waals surface area (Å²) in [5.74, 6) is 1.90. The van der Waals surface area contributed by atoms with E-state index in [1.54, 1.807) is 0 Å². The van der Waals surface area contributed by atoms with Crippen molar-refractivity contribution in [2.24, 2.45) is 5.92 Å². The van der Waals surface area contributed by atoms with Crippen molar-refractivity contribution in [2.45, 2.75) is 6.92 Å². The lowest BCUT2D eigenvalue weighted by molar-refractivity contribution is 0.272. The van der Waals surface area contributed by atoms with Gasteiger partial charge in [-0.05, 0) is 18.2 Å². The molecule has 0 heterocycles. The molecule has 72 valence electrons. The number of ether oxygens (including phenoxy) is 1. The first kappa shape index (κ1) is 10.9. The normalized spacial score (nSPS) is 12.5. The van der Waals surface area contributed by atoms with Crippen molar-refractivity contribution in [3.05, 3.63) is 28.7 Å². The highest BCUT2D eigenvalue weighted by Gasteiger charge is 2.01. The molecule has 13 heavy (non-hydrogen) atoms. The van der Waals surface area contributed by atoms with E-state index < -0.39 is 0 Å². The Bertz CT molecular complexity index is 265. The molecule has 0 aliphatic rings. The summed E-state index contributed by atoms with van der Waals surface area (Å²) >= 11 is 9.04. The summed E-state index contributed by atoms with van der Waals surface area (Å²) in [6, 6.07) is 7.80. The van der Waals surface area contributed by atoms with E-state index in [-0.39, 0.29) is 0 Å². The third-order valence-electron chi connectivity index (χ3n) is 1.59. The largest absolute Gasteiger partial charge is 0.493 e. The Morgan fingerprint density at radius 3 is 2.92 bits per heavy atom. The Kier molecular flexibility index (Phi) is 4.60. The maximum Gasteiger partial charge on any atom is 0.120 e. The molecule has 1 nitrogen and oxygen atoms in total. The van der Waals surface area contributed by atoms with Crippen molar-refractivity contribution in [2.75, 3.05) is 12.5 Å². The monoisotopic (exact) mass is 262 g/mol. The second-order valence-corrected chi connectivity index (χ2v) is 4.25. The van der Waals surface area contributed by atoms with Crippen molar-refractivity contribution in [1.82, 2.24) is 0 Å².